The second kappa shape index (κ2) is 9.09. The maximum Gasteiger partial charge on any atom is 0.310 e. The fourth-order valence-electron chi connectivity index (χ4n) is 4.01. The summed E-state index contributed by atoms with van der Waals surface area (Å²) in [4.78, 5) is 11.6. The Bertz CT molecular complexity index is 1120. The second-order valence-corrected chi connectivity index (χ2v) is 7.78. The summed E-state index contributed by atoms with van der Waals surface area (Å²) in [7, 11) is 1.39. The molecule has 0 N–H and O–H groups in total. The van der Waals surface area contributed by atoms with Crippen LogP contribution in [0.1, 0.15) is 34.2 Å². The van der Waals surface area contributed by atoms with Crippen molar-refractivity contribution >= 4 is 11.5 Å². The van der Waals surface area contributed by atoms with Crippen molar-refractivity contribution in [3.05, 3.63) is 94.7 Å². The van der Waals surface area contributed by atoms with E-state index in [9.17, 15) is 4.79 Å². The molecule has 0 spiro atoms. The molecule has 0 atom stereocenters. The van der Waals surface area contributed by atoms with Crippen LogP contribution in [0.5, 0.6) is 5.75 Å². The van der Waals surface area contributed by atoms with Gasteiger partial charge in [-0.3, -0.25) is 4.79 Å². The van der Waals surface area contributed by atoms with E-state index in [1.54, 1.807) is 6.26 Å². The maximum absolute atomic E-state index is 11.6. The number of rotatable bonds is 6. The van der Waals surface area contributed by atoms with Crippen molar-refractivity contribution in [2.45, 2.75) is 33.5 Å². The largest absolute Gasteiger partial charge is 0.496 e. The minimum atomic E-state index is -0.285. The van der Waals surface area contributed by atoms with Gasteiger partial charge in [-0.15, -0.1) is 0 Å². The zero-order valence-corrected chi connectivity index (χ0v) is 18.1. The van der Waals surface area contributed by atoms with E-state index in [1.165, 1.54) is 29.4 Å². The third-order valence-electron chi connectivity index (χ3n) is 5.55. The highest BCUT2D eigenvalue weighted by Crippen LogP contribution is 2.31. The van der Waals surface area contributed by atoms with E-state index >= 15 is 0 Å². The van der Waals surface area contributed by atoms with Crippen molar-refractivity contribution < 1.29 is 19.0 Å². The van der Waals surface area contributed by atoms with Crippen LogP contribution in [0.2, 0.25) is 0 Å². The Balaban J connectivity index is 1.49. The SMILES string of the molecule is COC(=O)CC1=COCc2cc(OCc3cccc(-c4c(C)cccc4C)c3)ccc21. The summed E-state index contributed by atoms with van der Waals surface area (Å²) in [6.07, 6.45) is 1.83. The average molecular weight is 415 g/mol. The molecule has 0 amide bonds. The molecule has 0 aliphatic carbocycles. The predicted octanol–water partition coefficient (Wildman–Crippen LogP) is 5.98. The van der Waals surface area contributed by atoms with Gasteiger partial charge in [0.05, 0.1) is 19.8 Å². The van der Waals surface area contributed by atoms with Crippen molar-refractivity contribution in [1.82, 2.24) is 0 Å². The van der Waals surface area contributed by atoms with Gasteiger partial charge in [-0.05, 0) is 65.4 Å². The number of fused-ring (bicyclic) bond motifs is 1. The molecule has 4 rings (SSSR count). The number of ether oxygens (including phenoxy) is 3. The Hall–Kier alpha value is -3.53. The topological polar surface area (TPSA) is 44.8 Å². The summed E-state index contributed by atoms with van der Waals surface area (Å²) in [5.41, 5.74) is 8.95. The van der Waals surface area contributed by atoms with E-state index in [1.807, 2.05) is 18.2 Å². The molecule has 0 aromatic heterocycles. The zero-order chi connectivity index (χ0) is 21.8. The molecule has 31 heavy (non-hydrogen) atoms. The van der Waals surface area contributed by atoms with Gasteiger partial charge in [0.25, 0.3) is 0 Å². The number of benzene rings is 3. The van der Waals surface area contributed by atoms with Crippen LogP contribution in [0.15, 0.2) is 66.9 Å². The van der Waals surface area contributed by atoms with Crippen LogP contribution in [0.25, 0.3) is 16.7 Å². The van der Waals surface area contributed by atoms with Gasteiger partial charge in [0, 0.05) is 11.1 Å². The summed E-state index contributed by atoms with van der Waals surface area (Å²) in [5.74, 6) is 0.492. The van der Waals surface area contributed by atoms with Crippen molar-refractivity contribution in [2.75, 3.05) is 7.11 Å². The number of hydrogen-bond donors (Lipinski definition) is 0. The molecule has 0 saturated carbocycles. The van der Waals surface area contributed by atoms with Gasteiger partial charge in [-0.1, -0.05) is 42.5 Å². The molecule has 0 saturated heterocycles. The van der Waals surface area contributed by atoms with Gasteiger partial charge in [0.2, 0.25) is 0 Å². The van der Waals surface area contributed by atoms with Crippen LogP contribution < -0.4 is 4.74 Å². The molecular formula is C27H26O4. The first-order valence-corrected chi connectivity index (χ1v) is 10.3. The molecule has 4 heteroatoms. The normalized spacial score (nSPS) is 12.4. The van der Waals surface area contributed by atoms with Crippen LogP contribution in [0.3, 0.4) is 0 Å². The molecular weight excluding hydrogens is 388 g/mol. The summed E-state index contributed by atoms with van der Waals surface area (Å²) in [5, 5.41) is 0. The van der Waals surface area contributed by atoms with Gasteiger partial charge in [0.15, 0.2) is 0 Å². The van der Waals surface area contributed by atoms with Gasteiger partial charge < -0.3 is 14.2 Å². The summed E-state index contributed by atoms with van der Waals surface area (Å²) < 4.78 is 16.4. The monoisotopic (exact) mass is 414 g/mol. The third-order valence-corrected chi connectivity index (χ3v) is 5.55. The summed E-state index contributed by atoms with van der Waals surface area (Å²) in [6, 6.07) is 20.8. The Morgan fingerprint density at radius 1 is 1.00 bits per heavy atom. The maximum atomic E-state index is 11.6. The molecule has 1 aliphatic heterocycles. The quantitative estimate of drug-likeness (QED) is 0.465. The summed E-state index contributed by atoms with van der Waals surface area (Å²) >= 11 is 0. The predicted molar refractivity (Wildman–Crippen MR) is 122 cm³/mol. The lowest BCUT2D eigenvalue weighted by atomic mass is 9.95. The lowest BCUT2D eigenvalue weighted by Gasteiger charge is -2.19. The van der Waals surface area contributed by atoms with E-state index in [2.05, 4.69) is 56.3 Å². The first kappa shape index (κ1) is 20.7. The Morgan fingerprint density at radius 2 is 1.77 bits per heavy atom. The number of methoxy groups -OCH3 is 1. The molecule has 4 nitrogen and oxygen atoms in total. The smallest absolute Gasteiger partial charge is 0.310 e. The minimum absolute atomic E-state index is 0.189. The number of carbonyl (C=O) groups excluding carboxylic acids is 1. The van der Waals surface area contributed by atoms with E-state index in [0.717, 1.165) is 28.0 Å². The first-order valence-electron chi connectivity index (χ1n) is 10.3. The molecule has 1 aliphatic rings. The number of esters is 1. The third kappa shape index (κ3) is 4.64. The zero-order valence-electron chi connectivity index (χ0n) is 18.1. The van der Waals surface area contributed by atoms with Crippen LogP contribution in [0, 0.1) is 13.8 Å². The van der Waals surface area contributed by atoms with Gasteiger partial charge in [-0.2, -0.15) is 0 Å². The van der Waals surface area contributed by atoms with Gasteiger partial charge >= 0.3 is 5.97 Å². The standard InChI is InChI=1S/C27H26O4/c1-18-6-4-7-19(2)27(18)21-9-5-8-20(12-21)15-31-24-10-11-25-22(13-24)16-30-17-23(25)14-26(28)29-3/h4-13,17H,14-16H2,1-3H3. The van der Waals surface area contributed by atoms with E-state index in [4.69, 9.17) is 14.2 Å². The van der Waals surface area contributed by atoms with Crippen LogP contribution in [-0.2, 0) is 27.5 Å². The highest BCUT2D eigenvalue weighted by atomic mass is 16.5. The molecule has 0 radical (unpaired) electrons. The van der Waals surface area contributed by atoms with E-state index < -0.39 is 0 Å². The molecule has 0 fully saturated rings. The van der Waals surface area contributed by atoms with E-state index in [0.29, 0.717) is 13.2 Å². The van der Waals surface area contributed by atoms with Crippen LogP contribution in [-0.4, -0.2) is 13.1 Å². The number of carbonyl (C=O) groups is 1. The van der Waals surface area contributed by atoms with Crippen molar-refractivity contribution in [2.24, 2.45) is 0 Å². The summed E-state index contributed by atoms with van der Waals surface area (Å²) in [6.45, 7) is 5.22. The minimum Gasteiger partial charge on any atom is -0.496 e. The molecule has 0 bridgehead atoms. The lowest BCUT2D eigenvalue weighted by Crippen LogP contribution is -2.08. The molecule has 3 aromatic carbocycles. The molecule has 158 valence electrons. The number of aryl methyl sites for hydroxylation is 2. The fourth-order valence-corrected chi connectivity index (χ4v) is 4.01. The van der Waals surface area contributed by atoms with Crippen molar-refractivity contribution in [1.29, 1.82) is 0 Å². The van der Waals surface area contributed by atoms with Gasteiger partial charge in [0.1, 0.15) is 19.0 Å². The Labute approximate surface area is 183 Å². The van der Waals surface area contributed by atoms with Crippen LogP contribution in [0.4, 0.5) is 0 Å². The average Bonchev–Trinajstić information content (AvgIpc) is 2.78. The lowest BCUT2D eigenvalue weighted by molar-refractivity contribution is -0.139. The van der Waals surface area contributed by atoms with Crippen molar-refractivity contribution in [3.8, 4) is 16.9 Å². The Morgan fingerprint density at radius 3 is 2.55 bits per heavy atom. The fraction of sp³-hybridized carbons (Fsp3) is 0.222. The molecule has 0 unspecified atom stereocenters. The second-order valence-electron chi connectivity index (χ2n) is 7.78. The Kier molecular flexibility index (Phi) is 6.08. The van der Waals surface area contributed by atoms with E-state index in [-0.39, 0.29) is 12.4 Å². The van der Waals surface area contributed by atoms with Crippen LogP contribution >= 0.6 is 0 Å². The van der Waals surface area contributed by atoms with Crippen molar-refractivity contribution in [3.63, 3.8) is 0 Å². The highest BCUT2D eigenvalue weighted by Gasteiger charge is 2.17. The molecule has 3 aromatic rings. The first-order chi connectivity index (χ1) is 15.0. The number of hydrogen-bond acceptors (Lipinski definition) is 4. The highest BCUT2D eigenvalue weighted by molar-refractivity contribution is 5.86. The van der Waals surface area contributed by atoms with Gasteiger partial charge in [-0.25, -0.2) is 0 Å². The molecule has 1 heterocycles.